The van der Waals surface area contributed by atoms with Gasteiger partial charge in [0.1, 0.15) is 5.82 Å². The first-order valence-corrected chi connectivity index (χ1v) is 9.36. The second-order valence-electron chi connectivity index (χ2n) is 6.95. The van der Waals surface area contributed by atoms with Gasteiger partial charge in [-0.15, -0.1) is 0 Å². The Morgan fingerprint density at radius 1 is 0.862 bits per heavy atom. The summed E-state index contributed by atoms with van der Waals surface area (Å²) in [6, 6.07) is 17.3. The van der Waals surface area contributed by atoms with E-state index in [4.69, 9.17) is 0 Å². The molecule has 6 nitrogen and oxygen atoms in total. The minimum atomic E-state index is -0.179. The van der Waals surface area contributed by atoms with Crippen molar-refractivity contribution in [1.82, 2.24) is 24.8 Å². The molecule has 0 saturated heterocycles. The summed E-state index contributed by atoms with van der Waals surface area (Å²) in [7, 11) is 2.08. The molecule has 1 N–H and O–H groups in total. The average molecular weight is 383 g/mol. The molecule has 0 amide bonds. The monoisotopic (exact) mass is 383 g/mol. The number of nitrogens with zero attached hydrogens (tertiary/aromatic N) is 4. The second kappa shape index (κ2) is 8.58. The summed E-state index contributed by atoms with van der Waals surface area (Å²) in [4.78, 5) is 30.0. The van der Waals surface area contributed by atoms with Crippen LogP contribution in [0.4, 0.5) is 0 Å². The van der Waals surface area contributed by atoms with Crippen molar-refractivity contribution in [3.05, 3.63) is 101 Å². The van der Waals surface area contributed by atoms with Crippen molar-refractivity contribution in [1.29, 1.82) is 0 Å². The highest BCUT2D eigenvalue weighted by Gasteiger charge is 2.07. The van der Waals surface area contributed by atoms with E-state index in [2.05, 4.69) is 50.1 Å². The zero-order valence-electron chi connectivity index (χ0n) is 16.1. The van der Waals surface area contributed by atoms with Gasteiger partial charge < -0.3 is 4.98 Å². The van der Waals surface area contributed by atoms with Gasteiger partial charge in [-0.05, 0) is 36.4 Å². The Hall–Kier alpha value is -3.64. The fraction of sp³-hybridized carbons (Fsp3) is 0.130. The summed E-state index contributed by atoms with van der Waals surface area (Å²) in [6.07, 6.45) is 7.05. The molecule has 0 saturated carbocycles. The lowest BCUT2D eigenvalue weighted by molar-refractivity contribution is 0.318. The van der Waals surface area contributed by atoms with Crippen molar-refractivity contribution in [3.63, 3.8) is 0 Å². The van der Waals surface area contributed by atoms with Crippen LogP contribution in [-0.2, 0) is 13.1 Å². The van der Waals surface area contributed by atoms with Gasteiger partial charge >= 0.3 is 0 Å². The number of aromatic nitrogens is 4. The lowest BCUT2D eigenvalue weighted by Crippen LogP contribution is -2.17. The van der Waals surface area contributed by atoms with E-state index in [0.29, 0.717) is 11.5 Å². The molecule has 0 unspecified atom stereocenters. The topological polar surface area (TPSA) is 74.8 Å². The average Bonchev–Trinajstić information content (AvgIpc) is 2.75. The Kier molecular flexibility index (Phi) is 5.54. The number of H-pyrrole nitrogens is 1. The number of aromatic amines is 1. The Bertz CT molecular complexity index is 1130. The number of pyridine rings is 2. The summed E-state index contributed by atoms with van der Waals surface area (Å²) in [6.45, 7) is 1.65. The van der Waals surface area contributed by atoms with Gasteiger partial charge in [-0.25, -0.2) is 4.98 Å². The van der Waals surface area contributed by atoms with Crippen LogP contribution in [0.5, 0.6) is 0 Å². The predicted molar refractivity (Wildman–Crippen MR) is 113 cm³/mol. The molecule has 0 aliphatic rings. The van der Waals surface area contributed by atoms with Gasteiger partial charge in [-0.2, -0.15) is 0 Å². The maximum Gasteiger partial charge on any atom is 0.251 e. The maximum atomic E-state index is 12.1. The van der Waals surface area contributed by atoms with Crippen LogP contribution in [0.3, 0.4) is 0 Å². The molecule has 144 valence electrons. The maximum absolute atomic E-state index is 12.1. The summed E-state index contributed by atoms with van der Waals surface area (Å²) in [5.41, 5.74) is 4.56. The molecular formula is C23H21N5O. The fourth-order valence-electron chi connectivity index (χ4n) is 3.20. The van der Waals surface area contributed by atoms with Crippen LogP contribution in [0, 0.1) is 0 Å². The van der Waals surface area contributed by atoms with Crippen molar-refractivity contribution >= 4 is 0 Å². The molecule has 6 heteroatoms. The van der Waals surface area contributed by atoms with Crippen molar-refractivity contribution in [3.8, 4) is 22.6 Å². The number of rotatable bonds is 6. The molecule has 3 heterocycles. The van der Waals surface area contributed by atoms with Crippen LogP contribution >= 0.6 is 0 Å². The van der Waals surface area contributed by atoms with E-state index in [0.717, 1.165) is 24.2 Å². The first-order valence-electron chi connectivity index (χ1n) is 9.36. The standard InChI is InChI=1S/C23H21N5O/c1-28(16-18-3-2-10-25-14-18)15-17-4-6-20(7-5-17)23-26-21(13-22(29)27-23)19-8-11-24-12-9-19/h2-14H,15-16H2,1H3,(H,26,27,29). The smallest absolute Gasteiger partial charge is 0.251 e. The van der Waals surface area contributed by atoms with Crippen molar-refractivity contribution in [2.75, 3.05) is 7.05 Å². The Morgan fingerprint density at radius 3 is 2.34 bits per heavy atom. The van der Waals surface area contributed by atoms with Crippen molar-refractivity contribution in [2.45, 2.75) is 13.1 Å². The zero-order valence-corrected chi connectivity index (χ0v) is 16.1. The Labute approximate surface area is 168 Å². The van der Waals surface area contributed by atoms with E-state index in [1.165, 1.54) is 17.2 Å². The van der Waals surface area contributed by atoms with Gasteiger partial charge in [0.15, 0.2) is 0 Å². The summed E-state index contributed by atoms with van der Waals surface area (Å²) >= 11 is 0. The van der Waals surface area contributed by atoms with Crippen LogP contribution in [0.1, 0.15) is 11.1 Å². The van der Waals surface area contributed by atoms with Gasteiger partial charge in [-0.3, -0.25) is 19.7 Å². The van der Waals surface area contributed by atoms with Gasteiger partial charge in [0.25, 0.3) is 5.56 Å². The zero-order chi connectivity index (χ0) is 20.1. The summed E-state index contributed by atoms with van der Waals surface area (Å²) in [5, 5.41) is 0. The van der Waals surface area contributed by atoms with E-state index in [9.17, 15) is 4.79 Å². The van der Waals surface area contributed by atoms with Gasteiger partial charge in [0.2, 0.25) is 0 Å². The van der Waals surface area contributed by atoms with Crippen molar-refractivity contribution in [2.24, 2.45) is 0 Å². The van der Waals surface area contributed by atoms with E-state index in [1.54, 1.807) is 18.6 Å². The van der Waals surface area contributed by atoms with Crippen molar-refractivity contribution < 1.29 is 0 Å². The van der Waals surface area contributed by atoms with Crippen LogP contribution in [0.25, 0.3) is 22.6 Å². The largest absolute Gasteiger partial charge is 0.306 e. The molecule has 0 bridgehead atoms. The van der Waals surface area contributed by atoms with E-state index < -0.39 is 0 Å². The Balaban J connectivity index is 1.51. The lowest BCUT2D eigenvalue weighted by Gasteiger charge is -2.16. The number of benzene rings is 1. The molecule has 3 aromatic heterocycles. The molecule has 1 aromatic carbocycles. The molecule has 0 aliphatic heterocycles. The van der Waals surface area contributed by atoms with Gasteiger partial charge in [0, 0.05) is 55.1 Å². The summed E-state index contributed by atoms with van der Waals surface area (Å²) in [5.74, 6) is 0.555. The normalized spacial score (nSPS) is 11.0. The third kappa shape index (κ3) is 4.80. The second-order valence-corrected chi connectivity index (χ2v) is 6.95. The van der Waals surface area contributed by atoms with E-state index in [1.807, 2.05) is 36.5 Å². The molecule has 29 heavy (non-hydrogen) atoms. The molecule has 0 atom stereocenters. The van der Waals surface area contributed by atoms with Crippen LogP contribution in [0.2, 0.25) is 0 Å². The Morgan fingerprint density at radius 2 is 1.62 bits per heavy atom. The van der Waals surface area contributed by atoms with Gasteiger partial charge in [0.05, 0.1) is 5.69 Å². The number of nitrogens with one attached hydrogen (secondary N) is 1. The third-order valence-electron chi connectivity index (χ3n) is 4.57. The molecular weight excluding hydrogens is 362 g/mol. The molecule has 0 radical (unpaired) electrons. The van der Waals surface area contributed by atoms with E-state index >= 15 is 0 Å². The first-order chi connectivity index (χ1) is 14.2. The number of hydrogen-bond donors (Lipinski definition) is 1. The predicted octanol–water partition coefficient (Wildman–Crippen LogP) is 3.53. The van der Waals surface area contributed by atoms with Crippen LogP contribution < -0.4 is 5.56 Å². The molecule has 0 fully saturated rings. The fourth-order valence-corrected chi connectivity index (χ4v) is 3.20. The quantitative estimate of drug-likeness (QED) is 0.551. The van der Waals surface area contributed by atoms with E-state index in [-0.39, 0.29) is 5.56 Å². The third-order valence-corrected chi connectivity index (χ3v) is 4.57. The van der Waals surface area contributed by atoms with Gasteiger partial charge in [-0.1, -0.05) is 30.3 Å². The molecule has 4 aromatic rings. The summed E-state index contributed by atoms with van der Waals surface area (Å²) < 4.78 is 0. The lowest BCUT2D eigenvalue weighted by atomic mass is 10.1. The first kappa shape index (κ1) is 18.7. The highest BCUT2D eigenvalue weighted by Crippen LogP contribution is 2.20. The minimum Gasteiger partial charge on any atom is -0.306 e. The van der Waals surface area contributed by atoms with Crippen LogP contribution in [-0.4, -0.2) is 31.9 Å². The highest BCUT2D eigenvalue weighted by molar-refractivity contribution is 5.63. The number of hydrogen-bond acceptors (Lipinski definition) is 5. The highest BCUT2D eigenvalue weighted by atomic mass is 16.1. The minimum absolute atomic E-state index is 0.179. The molecule has 0 aliphatic carbocycles. The molecule has 4 rings (SSSR count). The molecule has 0 spiro atoms. The van der Waals surface area contributed by atoms with Crippen LogP contribution in [0.15, 0.2) is 84.2 Å². The SMILES string of the molecule is CN(Cc1ccc(-c2nc(-c3ccncc3)cc(=O)[nH]2)cc1)Cc1cccnc1.